The van der Waals surface area contributed by atoms with E-state index in [9.17, 15) is 4.79 Å². The summed E-state index contributed by atoms with van der Waals surface area (Å²) in [6.07, 6.45) is 10.9. The summed E-state index contributed by atoms with van der Waals surface area (Å²) in [6.45, 7) is 4.92. The topological polar surface area (TPSA) is 55.1 Å². The lowest BCUT2D eigenvalue weighted by atomic mass is 9.49. The van der Waals surface area contributed by atoms with Gasteiger partial charge < -0.3 is 11.1 Å². The maximum Gasteiger partial charge on any atom is 0.220 e. The van der Waals surface area contributed by atoms with Crippen LogP contribution in [0.15, 0.2) is 0 Å². The number of nitrogens with one attached hydrogen (secondary N) is 1. The molecule has 0 heterocycles. The van der Waals surface area contributed by atoms with E-state index in [1.807, 2.05) is 0 Å². The molecule has 4 aliphatic carbocycles. The molecule has 1 atom stereocenters. The number of hydrogen-bond acceptors (Lipinski definition) is 2. The second kappa shape index (κ2) is 5.57. The van der Waals surface area contributed by atoms with Gasteiger partial charge in [-0.05, 0) is 88.0 Å². The molecule has 0 saturated heterocycles. The summed E-state index contributed by atoms with van der Waals surface area (Å²) in [5.41, 5.74) is 5.93. The van der Waals surface area contributed by atoms with Crippen LogP contribution in [-0.4, -0.2) is 18.0 Å². The Morgan fingerprint density at radius 1 is 1.19 bits per heavy atom. The van der Waals surface area contributed by atoms with E-state index in [2.05, 4.69) is 19.2 Å². The summed E-state index contributed by atoms with van der Waals surface area (Å²) in [5, 5.41) is 3.30. The number of amides is 1. The highest BCUT2D eigenvalue weighted by atomic mass is 16.1. The van der Waals surface area contributed by atoms with Crippen molar-refractivity contribution in [3.63, 3.8) is 0 Å². The Hall–Kier alpha value is -0.570. The van der Waals surface area contributed by atoms with Gasteiger partial charge >= 0.3 is 0 Å². The molecule has 1 unspecified atom stereocenters. The average Bonchev–Trinajstić information content (AvgIpc) is 2.36. The van der Waals surface area contributed by atoms with Crippen LogP contribution in [0, 0.1) is 23.2 Å². The number of carbonyl (C=O) groups is 1. The largest absolute Gasteiger partial charge is 0.351 e. The third kappa shape index (κ3) is 3.13. The van der Waals surface area contributed by atoms with E-state index in [0.717, 1.165) is 37.0 Å². The molecule has 3 nitrogen and oxygen atoms in total. The fraction of sp³-hybridized carbons (Fsp3) is 0.944. The van der Waals surface area contributed by atoms with Gasteiger partial charge in [0.15, 0.2) is 0 Å². The molecule has 3 heteroatoms. The number of rotatable bonds is 6. The van der Waals surface area contributed by atoms with E-state index in [1.54, 1.807) is 0 Å². The van der Waals surface area contributed by atoms with Crippen LogP contribution in [-0.2, 0) is 4.79 Å². The third-order valence-electron chi connectivity index (χ3n) is 6.62. The molecule has 21 heavy (non-hydrogen) atoms. The summed E-state index contributed by atoms with van der Waals surface area (Å²) in [6, 6.07) is 0. The van der Waals surface area contributed by atoms with Gasteiger partial charge in [-0.25, -0.2) is 0 Å². The zero-order chi connectivity index (χ0) is 15.1. The zero-order valence-corrected chi connectivity index (χ0v) is 13.8. The highest BCUT2D eigenvalue weighted by molar-refractivity contribution is 5.77. The van der Waals surface area contributed by atoms with Gasteiger partial charge in [-0.15, -0.1) is 0 Å². The minimum absolute atomic E-state index is 0.117. The van der Waals surface area contributed by atoms with Crippen molar-refractivity contribution in [1.82, 2.24) is 5.32 Å². The van der Waals surface area contributed by atoms with E-state index < -0.39 is 0 Å². The Labute approximate surface area is 129 Å². The normalized spacial score (nSPS) is 40.0. The van der Waals surface area contributed by atoms with Crippen LogP contribution >= 0.6 is 0 Å². The minimum Gasteiger partial charge on any atom is -0.351 e. The Morgan fingerprint density at radius 3 is 2.14 bits per heavy atom. The summed E-state index contributed by atoms with van der Waals surface area (Å²) < 4.78 is 0. The van der Waals surface area contributed by atoms with E-state index in [4.69, 9.17) is 5.73 Å². The predicted molar refractivity (Wildman–Crippen MR) is 85.7 cm³/mol. The molecular formula is C18H32N2O. The van der Waals surface area contributed by atoms with Crippen LogP contribution in [0.2, 0.25) is 0 Å². The highest BCUT2D eigenvalue weighted by Gasteiger charge is 2.51. The van der Waals surface area contributed by atoms with Gasteiger partial charge in [0.25, 0.3) is 0 Å². The SMILES string of the molecule is CCC(C)(CCN)NC(=O)CC12CC3CC(CC(C3)C1)C2. The molecular weight excluding hydrogens is 260 g/mol. The lowest BCUT2D eigenvalue weighted by Gasteiger charge is -2.56. The highest BCUT2D eigenvalue weighted by Crippen LogP contribution is 2.61. The van der Waals surface area contributed by atoms with Gasteiger partial charge in [-0.2, -0.15) is 0 Å². The molecule has 4 aliphatic rings. The molecule has 0 aromatic rings. The maximum absolute atomic E-state index is 12.6. The standard InChI is InChI=1S/C18H32N2O/c1-3-17(2,4-5-19)20-16(21)12-18-9-13-6-14(10-18)8-15(7-13)11-18/h13-15H,3-12,19H2,1-2H3,(H,20,21). The fourth-order valence-corrected chi connectivity index (χ4v) is 5.87. The van der Waals surface area contributed by atoms with Gasteiger partial charge in [0, 0.05) is 12.0 Å². The number of carbonyl (C=O) groups excluding carboxylic acids is 1. The van der Waals surface area contributed by atoms with Crippen LogP contribution in [0.1, 0.15) is 71.6 Å². The first-order chi connectivity index (χ1) is 9.96. The smallest absolute Gasteiger partial charge is 0.220 e. The van der Waals surface area contributed by atoms with Crippen LogP contribution in [0.5, 0.6) is 0 Å². The molecule has 4 rings (SSSR count). The fourth-order valence-electron chi connectivity index (χ4n) is 5.87. The van der Waals surface area contributed by atoms with Crippen molar-refractivity contribution >= 4 is 5.91 Å². The lowest BCUT2D eigenvalue weighted by Crippen LogP contribution is -2.51. The molecule has 0 spiro atoms. The van der Waals surface area contributed by atoms with Gasteiger partial charge in [0.2, 0.25) is 5.91 Å². The molecule has 0 aromatic heterocycles. The number of nitrogens with two attached hydrogens (primary N) is 1. The first-order valence-corrected chi connectivity index (χ1v) is 8.97. The quantitative estimate of drug-likeness (QED) is 0.789. The second-order valence-corrected chi connectivity index (χ2v) is 8.60. The van der Waals surface area contributed by atoms with Crippen LogP contribution in [0.3, 0.4) is 0 Å². The Bertz CT molecular complexity index is 371. The molecule has 0 aliphatic heterocycles. The summed E-state index contributed by atoms with van der Waals surface area (Å²) >= 11 is 0. The van der Waals surface area contributed by atoms with Gasteiger partial charge in [0.05, 0.1) is 0 Å². The lowest BCUT2D eigenvalue weighted by molar-refractivity contribution is -0.131. The summed E-state index contributed by atoms with van der Waals surface area (Å²) in [4.78, 5) is 12.6. The summed E-state index contributed by atoms with van der Waals surface area (Å²) in [7, 11) is 0. The zero-order valence-electron chi connectivity index (χ0n) is 13.8. The molecule has 4 bridgehead atoms. The predicted octanol–water partition coefficient (Wildman–Crippen LogP) is 3.23. The minimum atomic E-state index is -0.117. The van der Waals surface area contributed by atoms with Crippen molar-refractivity contribution in [1.29, 1.82) is 0 Å². The molecule has 1 amide bonds. The number of hydrogen-bond donors (Lipinski definition) is 2. The maximum atomic E-state index is 12.6. The van der Waals surface area contributed by atoms with Crippen molar-refractivity contribution in [2.45, 2.75) is 77.2 Å². The Kier molecular flexibility index (Phi) is 4.06. The summed E-state index contributed by atoms with van der Waals surface area (Å²) in [5.74, 6) is 3.04. The molecule has 0 aromatic carbocycles. The van der Waals surface area contributed by atoms with Gasteiger partial charge in [-0.3, -0.25) is 4.79 Å². The molecule has 4 fully saturated rings. The Morgan fingerprint density at radius 2 is 1.71 bits per heavy atom. The van der Waals surface area contributed by atoms with Crippen molar-refractivity contribution < 1.29 is 4.79 Å². The second-order valence-electron chi connectivity index (χ2n) is 8.60. The van der Waals surface area contributed by atoms with Crippen molar-refractivity contribution in [3.8, 4) is 0 Å². The van der Waals surface area contributed by atoms with E-state index in [-0.39, 0.29) is 11.4 Å². The van der Waals surface area contributed by atoms with Crippen molar-refractivity contribution in [2.24, 2.45) is 28.9 Å². The van der Waals surface area contributed by atoms with Gasteiger partial charge in [0.1, 0.15) is 0 Å². The Balaban J connectivity index is 1.62. The van der Waals surface area contributed by atoms with Crippen LogP contribution < -0.4 is 11.1 Å². The monoisotopic (exact) mass is 292 g/mol. The third-order valence-corrected chi connectivity index (χ3v) is 6.62. The molecule has 120 valence electrons. The first-order valence-electron chi connectivity index (χ1n) is 8.97. The first kappa shape index (κ1) is 15.3. The molecule has 3 N–H and O–H groups in total. The van der Waals surface area contributed by atoms with Crippen LogP contribution in [0.4, 0.5) is 0 Å². The van der Waals surface area contributed by atoms with Crippen molar-refractivity contribution in [2.75, 3.05) is 6.54 Å². The van der Waals surface area contributed by atoms with Gasteiger partial charge in [-0.1, -0.05) is 6.92 Å². The van der Waals surface area contributed by atoms with Crippen LogP contribution in [0.25, 0.3) is 0 Å². The van der Waals surface area contributed by atoms with E-state index in [0.29, 0.717) is 12.0 Å². The van der Waals surface area contributed by atoms with E-state index >= 15 is 0 Å². The van der Waals surface area contributed by atoms with E-state index in [1.165, 1.54) is 38.5 Å². The van der Waals surface area contributed by atoms with Crippen molar-refractivity contribution in [3.05, 3.63) is 0 Å². The molecule has 0 radical (unpaired) electrons. The molecule has 4 saturated carbocycles. The average molecular weight is 292 g/mol.